The van der Waals surface area contributed by atoms with Crippen molar-refractivity contribution in [2.45, 2.75) is 26.7 Å². The first-order chi connectivity index (χ1) is 15.9. The maximum Gasteiger partial charge on any atom is 0.254 e. The maximum atomic E-state index is 13.5. The molecule has 1 fully saturated rings. The second-order valence-electron chi connectivity index (χ2n) is 8.64. The molecule has 3 aromatic carbocycles. The number of nitrogens with one attached hydrogen (secondary N) is 1. The molecular weight excluding hydrogens is 412 g/mol. The highest BCUT2D eigenvalue weighted by atomic mass is 16.2. The molecule has 1 heterocycles. The number of likely N-dealkylation sites (tertiary alicyclic amines) is 1. The number of rotatable bonds is 5. The average molecular weight is 441 g/mol. The monoisotopic (exact) mass is 440 g/mol. The van der Waals surface area contributed by atoms with Crippen molar-refractivity contribution in [1.82, 2.24) is 4.90 Å². The standard InChI is InChI=1S/C28H28N2O3/c1-19-14-15-20(2)25(17-19)26(31)23-12-6-7-13-24(23)28(33)30-16-8-9-21(18-30)27(32)29-22-10-4-3-5-11-22/h3-7,10-15,17,21H,8-9,16,18H2,1-2H3,(H,29,32). The number of hydrogen-bond acceptors (Lipinski definition) is 3. The highest BCUT2D eigenvalue weighted by molar-refractivity contribution is 6.16. The zero-order valence-electron chi connectivity index (χ0n) is 19.0. The smallest absolute Gasteiger partial charge is 0.254 e. The van der Waals surface area contributed by atoms with Gasteiger partial charge in [-0.05, 0) is 56.5 Å². The minimum absolute atomic E-state index is 0.0848. The number of hydrogen-bond donors (Lipinski definition) is 1. The molecule has 5 heteroatoms. The van der Waals surface area contributed by atoms with E-state index in [0.29, 0.717) is 29.8 Å². The molecule has 0 spiro atoms. The lowest BCUT2D eigenvalue weighted by Gasteiger charge is -2.32. The van der Waals surface area contributed by atoms with Crippen LogP contribution >= 0.6 is 0 Å². The number of para-hydroxylation sites is 1. The number of amides is 2. The summed E-state index contributed by atoms with van der Waals surface area (Å²) in [5.74, 6) is -0.736. The molecule has 0 aliphatic carbocycles. The van der Waals surface area contributed by atoms with Gasteiger partial charge < -0.3 is 10.2 Å². The third-order valence-corrected chi connectivity index (χ3v) is 6.16. The van der Waals surface area contributed by atoms with Crippen LogP contribution < -0.4 is 5.32 Å². The number of aryl methyl sites for hydroxylation is 2. The molecule has 1 aliphatic rings. The Labute approximate surface area is 194 Å². The average Bonchev–Trinajstić information content (AvgIpc) is 2.85. The summed E-state index contributed by atoms with van der Waals surface area (Å²) >= 11 is 0. The predicted octanol–water partition coefficient (Wildman–Crippen LogP) is 5.03. The number of piperidine rings is 1. The molecule has 1 N–H and O–H groups in total. The van der Waals surface area contributed by atoms with Crippen molar-refractivity contribution in [1.29, 1.82) is 0 Å². The molecule has 2 amide bonds. The van der Waals surface area contributed by atoms with Crippen LogP contribution in [-0.2, 0) is 4.79 Å². The molecule has 3 aromatic rings. The fourth-order valence-corrected chi connectivity index (χ4v) is 4.30. The summed E-state index contributed by atoms with van der Waals surface area (Å²) in [7, 11) is 0. The van der Waals surface area contributed by atoms with E-state index in [1.54, 1.807) is 29.2 Å². The van der Waals surface area contributed by atoms with Crippen LogP contribution in [0.1, 0.15) is 50.2 Å². The second-order valence-corrected chi connectivity index (χ2v) is 8.64. The summed E-state index contributed by atoms with van der Waals surface area (Å²) in [6, 6.07) is 22.1. The Morgan fingerprint density at radius 1 is 0.848 bits per heavy atom. The SMILES string of the molecule is Cc1ccc(C)c(C(=O)c2ccccc2C(=O)N2CCCC(C(=O)Nc3ccccc3)C2)c1. The van der Waals surface area contributed by atoms with Crippen molar-refractivity contribution < 1.29 is 14.4 Å². The van der Waals surface area contributed by atoms with Gasteiger partial charge >= 0.3 is 0 Å². The zero-order chi connectivity index (χ0) is 23.4. The Hall–Kier alpha value is -3.73. The highest BCUT2D eigenvalue weighted by Crippen LogP contribution is 2.24. The van der Waals surface area contributed by atoms with E-state index < -0.39 is 0 Å². The number of anilines is 1. The predicted molar refractivity (Wildman–Crippen MR) is 129 cm³/mol. The summed E-state index contributed by atoms with van der Waals surface area (Å²) in [6.45, 7) is 4.75. The van der Waals surface area contributed by atoms with E-state index in [1.807, 2.05) is 62.4 Å². The third-order valence-electron chi connectivity index (χ3n) is 6.16. The number of benzene rings is 3. The van der Waals surface area contributed by atoms with Gasteiger partial charge in [-0.2, -0.15) is 0 Å². The van der Waals surface area contributed by atoms with E-state index in [9.17, 15) is 14.4 Å². The van der Waals surface area contributed by atoms with Gasteiger partial charge in [0.05, 0.1) is 11.5 Å². The van der Waals surface area contributed by atoms with Gasteiger partial charge in [0.1, 0.15) is 0 Å². The van der Waals surface area contributed by atoms with E-state index in [4.69, 9.17) is 0 Å². The quantitative estimate of drug-likeness (QED) is 0.566. The van der Waals surface area contributed by atoms with Gasteiger partial charge in [0, 0.05) is 29.9 Å². The molecule has 0 aromatic heterocycles. The Bertz CT molecular complexity index is 1190. The van der Waals surface area contributed by atoms with Crippen LogP contribution in [0.15, 0.2) is 72.8 Å². The van der Waals surface area contributed by atoms with Crippen LogP contribution in [0, 0.1) is 19.8 Å². The van der Waals surface area contributed by atoms with E-state index >= 15 is 0 Å². The Kier molecular flexibility index (Phi) is 6.68. The van der Waals surface area contributed by atoms with Gasteiger partial charge in [0.15, 0.2) is 5.78 Å². The minimum Gasteiger partial charge on any atom is -0.338 e. The lowest BCUT2D eigenvalue weighted by molar-refractivity contribution is -0.121. The van der Waals surface area contributed by atoms with E-state index in [1.165, 1.54) is 0 Å². The topological polar surface area (TPSA) is 66.5 Å². The molecular formula is C28H28N2O3. The maximum absolute atomic E-state index is 13.5. The lowest BCUT2D eigenvalue weighted by Crippen LogP contribution is -2.44. The van der Waals surface area contributed by atoms with Crippen LogP contribution in [0.3, 0.4) is 0 Å². The van der Waals surface area contributed by atoms with Crippen molar-refractivity contribution in [3.05, 3.63) is 101 Å². The largest absolute Gasteiger partial charge is 0.338 e. The van der Waals surface area contributed by atoms with Crippen molar-refractivity contribution in [3.8, 4) is 0 Å². The van der Waals surface area contributed by atoms with Crippen LogP contribution in [0.2, 0.25) is 0 Å². The molecule has 0 radical (unpaired) electrons. The molecule has 1 unspecified atom stereocenters. The van der Waals surface area contributed by atoms with Gasteiger partial charge in [-0.25, -0.2) is 0 Å². The molecule has 33 heavy (non-hydrogen) atoms. The first kappa shape index (κ1) is 22.5. The second kappa shape index (κ2) is 9.82. The molecule has 4 rings (SSSR count). The van der Waals surface area contributed by atoms with Crippen LogP contribution in [0.25, 0.3) is 0 Å². The summed E-state index contributed by atoms with van der Waals surface area (Å²) < 4.78 is 0. The van der Waals surface area contributed by atoms with Gasteiger partial charge in [0.2, 0.25) is 5.91 Å². The van der Waals surface area contributed by atoms with Gasteiger partial charge in [-0.15, -0.1) is 0 Å². The van der Waals surface area contributed by atoms with Crippen LogP contribution in [0.5, 0.6) is 0 Å². The van der Waals surface area contributed by atoms with Crippen molar-refractivity contribution in [3.63, 3.8) is 0 Å². The normalized spacial score (nSPS) is 15.7. The minimum atomic E-state index is -0.287. The van der Waals surface area contributed by atoms with Crippen molar-refractivity contribution in [2.24, 2.45) is 5.92 Å². The van der Waals surface area contributed by atoms with Crippen LogP contribution in [-0.4, -0.2) is 35.6 Å². The molecule has 0 saturated carbocycles. The number of carbonyl (C=O) groups is 3. The molecule has 1 saturated heterocycles. The van der Waals surface area contributed by atoms with Gasteiger partial charge in [-0.3, -0.25) is 14.4 Å². The highest BCUT2D eigenvalue weighted by Gasteiger charge is 2.30. The zero-order valence-corrected chi connectivity index (χ0v) is 19.0. The van der Waals surface area contributed by atoms with Crippen molar-refractivity contribution >= 4 is 23.3 Å². The van der Waals surface area contributed by atoms with E-state index in [-0.39, 0.29) is 23.5 Å². The van der Waals surface area contributed by atoms with E-state index in [2.05, 4.69) is 5.32 Å². The molecule has 1 atom stereocenters. The fourth-order valence-electron chi connectivity index (χ4n) is 4.30. The summed E-state index contributed by atoms with van der Waals surface area (Å²) in [5.41, 5.74) is 4.00. The van der Waals surface area contributed by atoms with E-state index in [0.717, 1.165) is 29.7 Å². The lowest BCUT2D eigenvalue weighted by atomic mass is 9.92. The first-order valence-corrected chi connectivity index (χ1v) is 11.3. The molecule has 1 aliphatic heterocycles. The molecule has 0 bridgehead atoms. The Balaban J connectivity index is 1.54. The number of ketones is 1. The Morgan fingerprint density at radius 2 is 1.55 bits per heavy atom. The number of carbonyl (C=O) groups excluding carboxylic acids is 3. The van der Waals surface area contributed by atoms with Gasteiger partial charge in [-0.1, -0.05) is 54.1 Å². The van der Waals surface area contributed by atoms with Gasteiger partial charge in [0.25, 0.3) is 5.91 Å². The fraction of sp³-hybridized carbons (Fsp3) is 0.250. The Morgan fingerprint density at radius 3 is 2.30 bits per heavy atom. The first-order valence-electron chi connectivity index (χ1n) is 11.3. The summed E-state index contributed by atoms with van der Waals surface area (Å²) in [4.78, 5) is 41.3. The third kappa shape index (κ3) is 5.03. The van der Waals surface area contributed by atoms with Crippen molar-refractivity contribution in [2.75, 3.05) is 18.4 Å². The molecule has 5 nitrogen and oxygen atoms in total. The van der Waals surface area contributed by atoms with Crippen LogP contribution in [0.4, 0.5) is 5.69 Å². The summed E-state index contributed by atoms with van der Waals surface area (Å²) in [5, 5.41) is 2.94. The summed E-state index contributed by atoms with van der Waals surface area (Å²) in [6.07, 6.45) is 1.47. The number of nitrogens with zero attached hydrogens (tertiary/aromatic N) is 1. The molecule has 168 valence electrons.